The van der Waals surface area contributed by atoms with Crippen molar-refractivity contribution in [1.29, 1.82) is 0 Å². The fourth-order valence-corrected chi connectivity index (χ4v) is 3.22. The van der Waals surface area contributed by atoms with Gasteiger partial charge in [-0.3, -0.25) is 0 Å². The second-order valence-electron chi connectivity index (χ2n) is 5.31. The first-order valence-electron chi connectivity index (χ1n) is 7.10. The topological polar surface area (TPSA) is 33.1 Å². The quantitative estimate of drug-likeness (QED) is 0.528. The molecule has 0 unspecified atom stereocenters. The van der Waals surface area contributed by atoms with Crippen LogP contribution in [0.15, 0.2) is 47.8 Å². The molecular formula is C17H9F6NOS. The van der Waals surface area contributed by atoms with Gasteiger partial charge in [0, 0.05) is 16.5 Å². The number of phenols is 1. The molecule has 0 radical (unpaired) electrons. The number of phenolic OH excluding ortho intramolecular Hbond substituents is 1. The lowest BCUT2D eigenvalue weighted by Crippen LogP contribution is -2.06. The molecule has 0 amide bonds. The first kappa shape index (κ1) is 18.2. The van der Waals surface area contributed by atoms with Crippen molar-refractivity contribution in [2.45, 2.75) is 12.4 Å². The van der Waals surface area contributed by atoms with Gasteiger partial charge in [-0.25, -0.2) is 4.98 Å². The van der Waals surface area contributed by atoms with Crippen molar-refractivity contribution < 1.29 is 31.4 Å². The Morgan fingerprint density at radius 3 is 2.15 bits per heavy atom. The maximum Gasteiger partial charge on any atom is 0.417 e. The van der Waals surface area contributed by atoms with E-state index < -0.39 is 29.2 Å². The molecule has 0 aliphatic rings. The van der Waals surface area contributed by atoms with Gasteiger partial charge in [0.2, 0.25) is 0 Å². The van der Waals surface area contributed by atoms with Crippen LogP contribution in [0.3, 0.4) is 0 Å². The second-order valence-corrected chi connectivity index (χ2v) is 6.17. The summed E-state index contributed by atoms with van der Waals surface area (Å²) < 4.78 is 77.3. The molecule has 3 rings (SSSR count). The SMILES string of the molecule is Oc1cc(C(F)(F)F)ccc1-c1csc(-c2ccccc2C(F)(F)F)n1. The van der Waals surface area contributed by atoms with E-state index >= 15 is 0 Å². The number of halogens is 6. The number of thiazole rings is 1. The lowest BCUT2D eigenvalue weighted by molar-refractivity contribution is -0.138. The van der Waals surface area contributed by atoms with E-state index in [1.807, 2.05) is 0 Å². The molecule has 0 atom stereocenters. The zero-order valence-corrected chi connectivity index (χ0v) is 13.5. The Hall–Kier alpha value is -2.55. The highest BCUT2D eigenvalue weighted by Crippen LogP contribution is 2.41. The normalized spacial score (nSPS) is 12.4. The van der Waals surface area contributed by atoms with Crippen molar-refractivity contribution >= 4 is 11.3 Å². The molecule has 0 saturated heterocycles. The fourth-order valence-electron chi connectivity index (χ4n) is 2.36. The molecule has 1 heterocycles. The molecule has 0 aliphatic carbocycles. The Balaban J connectivity index is 2.03. The van der Waals surface area contributed by atoms with Crippen molar-refractivity contribution in [2.24, 2.45) is 0 Å². The van der Waals surface area contributed by atoms with E-state index in [1.165, 1.54) is 23.6 Å². The van der Waals surface area contributed by atoms with Crippen LogP contribution < -0.4 is 0 Å². The number of hydrogen-bond donors (Lipinski definition) is 1. The number of hydrogen-bond acceptors (Lipinski definition) is 3. The van der Waals surface area contributed by atoms with E-state index in [1.54, 1.807) is 0 Å². The third-order valence-electron chi connectivity index (χ3n) is 3.57. The largest absolute Gasteiger partial charge is 0.507 e. The van der Waals surface area contributed by atoms with Crippen LogP contribution in [0.2, 0.25) is 0 Å². The average Bonchev–Trinajstić information content (AvgIpc) is 3.02. The van der Waals surface area contributed by atoms with Crippen LogP contribution in [0.5, 0.6) is 5.75 Å². The highest BCUT2D eigenvalue weighted by Gasteiger charge is 2.34. The smallest absolute Gasteiger partial charge is 0.417 e. The maximum atomic E-state index is 13.1. The standard InChI is InChI=1S/C17H9F6NOS/c18-16(19,20)9-5-6-11(14(25)7-9)13-8-26-15(24-13)10-3-1-2-4-12(10)17(21,22)23/h1-8,25H. The zero-order chi connectivity index (χ0) is 19.1. The predicted octanol–water partition coefficient (Wildman–Crippen LogP) is 6.22. The highest BCUT2D eigenvalue weighted by molar-refractivity contribution is 7.13. The summed E-state index contributed by atoms with van der Waals surface area (Å²) in [7, 11) is 0. The van der Waals surface area contributed by atoms with E-state index in [4.69, 9.17) is 0 Å². The number of aromatic nitrogens is 1. The summed E-state index contributed by atoms with van der Waals surface area (Å²) in [5.74, 6) is -0.652. The molecule has 0 bridgehead atoms. The van der Waals surface area contributed by atoms with E-state index in [9.17, 15) is 31.4 Å². The van der Waals surface area contributed by atoms with E-state index in [0.29, 0.717) is 6.07 Å². The molecule has 1 N–H and O–H groups in total. The molecule has 0 fully saturated rings. The molecule has 136 valence electrons. The summed E-state index contributed by atoms with van der Waals surface area (Å²) in [6.45, 7) is 0. The van der Waals surface area contributed by atoms with Crippen molar-refractivity contribution in [1.82, 2.24) is 4.98 Å². The van der Waals surface area contributed by atoms with E-state index in [-0.39, 0.29) is 21.8 Å². The lowest BCUT2D eigenvalue weighted by atomic mass is 10.1. The number of aromatic hydroxyl groups is 1. The molecule has 9 heteroatoms. The third-order valence-corrected chi connectivity index (χ3v) is 4.44. The molecule has 0 saturated carbocycles. The summed E-state index contributed by atoms with van der Waals surface area (Å²) in [6, 6.07) is 7.23. The Bertz CT molecular complexity index is 945. The Kier molecular flexibility index (Phi) is 4.43. The Morgan fingerprint density at radius 1 is 0.846 bits per heavy atom. The van der Waals surface area contributed by atoms with Gasteiger partial charge in [-0.2, -0.15) is 26.3 Å². The second kappa shape index (κ2) is 6.31. The summed E-state index contributed by atoms with van der Waals surface area (Å²) >= 11 is 0.902. The predicted molar refractivity (Wildman–Crippen MR) is 84.7 cm³/mol. The van der Waals surface area contributed by atoms with Crippen LogP contribution in [0.4, 0.5) is 26.3 Å². The van der Waals surface area contributed by atoms with Gasteiger partial charge in [-0.15, -0.1) is 11.3 Å². The van der Waals surface area contributed by atoms with Gasteiger partial charge in [0.15, 0.2) is 0 Å². The molecular weight excluding hydrogens is 380 g/mol. The highest BCUT2D eigenvalue weighted by atomic mass is 32.1. The first-order chi connectivity index (χ1) is 12.1. The van der Waals surface area contributed by atoms with Gasteiger partial charge in [0.25, 0.3) is 0 Å². The number of nitrogens with zero attached hydrogens (tertiary/aromatic N) is 1. The molecule has 26 heavy (non-hydrogen) atoms. The summed E-state index contributed by atoms with van der Waals surface area (Å²) in [4.78, 5) is 4.05. The summed E-state index contributed by atoms with van der Waals surface area (Å²) in [5.41, 5.74) is -1.94. The van der Waals surface area contributed by atoms with Crippen LogP contribution in [0.1, 0.15) is 11.1 Å². The van der Waals surface area contributed by atoms with Gasteiger partial charge < -0.3 is 5.11 Å². The molecule has 0 spiro atoms. The van der Waals surface area contributed by atoms with Crippen LogP contribution in [-0.4, -0.2) is 10.1 Å². The number of benzene rings is 2. The Labute approximate surface area is 147 Å². The molecule has 2 aromatic carbocycles. The van der Waals surface area contributed by atoms with Crippen LogP contribution in [-0.2, 0) is 12.4 Å². The summed E-state index contributed by atoms with van der Waals surface area (Å²) in [6.07, 6.45) is -9.19. The van der Waals surface area contributed by atoms with Gasteiger partial charge in [-0.05, 0) is 24.3 Å². The summed E-state index contributed by atoms with van der Waals surface area (Å²) in [5, 5.41) is 11.3. The Morgan fingerprint density at radius 2 is 1.54 bits per heavy atom. The lowest BCUT2D eigenvalue weighted by Gasteiger charge is -2.10. The van der Waals surface area contributed by atoms with E-state index in [2.05, 4.69) is 4.98 Å². The van der Waals surface area contributed by atoms with Gasteiger partial charge in [0.1, 0.15) is 10.8 Å². The van der Waals surface area contributed by atoms with Crippen molar-refractivity contribution in [3.8, 4) is 27.6 Å². The first-order valence-corrected chi connectivity index (χ1v) is 7.98. The van der Waals surface area contributed by atoms with Crippen molar-refractivity contribution in [3.63, 3.8) is 0 Å². The number of alkyl halides is 6. The molecule has 0 aliphatic heterocycles. The molecule has 2 nitrogen and oxygen atoms in total. The van der Waals surface area contributed by atoms with Gasteiger partial charge in [0.05, 0.1) is 16.8 Å². The maximum absolute atomic E-state index is 13.1. The molecule has 1 aromatic heterocycles. The zero-order valence-electron chi connectivity index (χ0n) is 12.7. The minimum absolute atomic E-state index is 0.00462. The molecule has 3 aromatic rings. The van der Waals surface area contributed by atoms with E-state index in [0.717, 1.165) is 29.5 Å². The van der Waals surface area contributed by atoms with Gasteiger partial charge in [-0.1, -0.05) is 18.2 Å². The minimum atomic E-state index is -4.62. The third kappa shape index (κ3) is 3.52. The number of rotatable bonds is 2. The average molecular weight is 389 g/mol. The van der Waals surface area contributed by atoms with Crippen LogP contribution in [0.25, 0.3) is 21.8 Å². The fraction of sp³-hybridized carbons (Fsp3) is 0.118. The van der Waals surface area contributed by atoms with Crippen LogP contribution >= 0.6 is 11.3 Å². The van der Waals surface area contributed by atoms with Crippen molar-refractivity contribution in [3.05, 3.63) is 59.0 Å². The van der Waals surface area contributed by atoms with Crippen LogP contribution in [0, 0.1) is 0 Å². The van der Waals surface area contributed by atoms with Gasteiger partial charge >= 0.3 is 12.4 Å². The minimum Gasteiger partial charge on any atom is -0.507 e. The monoisotopic (exact) mass is 389 g/mol. The van der Waals surface area contributed by atoms with Crippen molar-refractivity contribution in [2.75, 3.05) is 0 Å².